The fraction of sp³-hybridized carbons (Fsp3) is 0.278. The summed E-state index contributed by atoms with van der Waals surface area (Å²) in [6, 6.07) is 7.45. The smallest absolute Gasteiger partial charge is 0.107 e. The summed E-state index contributed by atoms with van der Waals surface area (Å²) < 4.78 is 0. The highest BCUT2D eigenvalue weighted by Gasteiger charge is 2.08. The van der Waals surface area contributed by atoms with Crippen LogP contribution >= 0.6 is 23.2 Å². The second-order valence-electron chi connectivity index (χ2n) is 4.88. The molecule has 1 aromatic carbocycles. The molecule has 0 spiro atoms. The second kappa shape index (κ2) is 8.81. The Morgan fingerprint density at radius 2 is 1.96 bits per heavy atom. The lowest BCUT2D eigenvalue weighted by Gasteiger charge is -2.06. The molecule has 0 aliphatic heterocycles. The third-order valence-electron chi connectivity index (χ3n) is 3.45. The predicted molar refractivity (Wildman–Crippen MR) is 102 cm³/mol. The van der Waals surface area contributed by atoms with Crippen LogP contribution in [0.3, 0.4) is 0 Å². The zero-order valence-electron chi connectivity index (χ0n) is 14.0. The maximum atomic E-state index is 6.07. The first-order chi connectivity index (χ1) is 11.7. The van der Waals surface area contributed by atoms with Gasteiger partial charge in [0, 0.05) is 25.4 Å². The van der Waals surface area contributed by atoms with Gasteiger partial charge < -0.3 is 4.98 Å². The van der Waals surface area contributed by atoms with E-state index in [-0.39, 0.29) is 0 Å². The highest BCUT2D eigenvalue weighted by atomic mass is 35.5. The SMILES string of the molecule is CC.CN=C(CCc1nc2ccncc2[nH]1)c1ccc(Cl)c(Cl)c1. The number of H-pyrrole nitrogens is 1. The molecule has 1 N–H and O–H groups in total. The first-order valence-electron chi connectivity index (χ1n) is 7.87. The van der Waals surface area contributed by atoms with Crippen LogP contribution in [0.1, 0.15) is 31.7 Å². The minimum absolute atomic E-state index is 0.537. The molecule has 0 bridgehead atoms. The van der Waals surface area contributed by atoms with Crippen molar-refractivity contribution in [3.05, 3.63) is 58.1 Å². The first kappa shape index (κ1) is 18.4. The fourth-order valence-electron chi connectivity index (χ4n) is 2.33. The van der Waals surface area contributed by atoms with Gasteiger partial charge in [-0.3, -0.25) is 9.98 Å². The van der Waals surface area contributed by atoms with E-state index in [4.69, 9.17) is 23.2 Å². The van der Waals surface area contributed by atoms with E-state index in [1.54, 1.807) is 25.5 Å². The Balaban J connectivity index is 0.00000100. The van der Waals surface area contributed by atoms with Gasteiger partial charge in [0.2, 0.25) is 0 Å². The van der Waals surface area contributed by atoms with Crippen molar-refractivity contribution in [2.24, 2.45) is 4.99 Å². The van der Waals surface area contributed by atoms with Crippen molar-refractivity contribution in [3.8, 4) is 0 Å². The molecule has 0 amide bonds. The summed E-state index contributed by atoms with van der Waals surface area (Å²) in [7, 11) is 1.78. The van der Waals surface area contributed by atoms with E-state index < -0.39 is 0 Å². The van der Waals surface area contributed by atoms with Crippen LogP contribution in [0.5, 0.6) is 0 Å². The minimum Gasteiger partial charge on any atom is -0.341 e. The van der Waals surface area contributed by atoms with Gasteiger partial charge in [0.05, 0.1) is 27.3 Å². The number of imidazole rings is 1. The normalized spacial score (nSPS) is 11.3. The van der Waals surface area contributed by atoms with Crippen molar-refractivity contribution >= 4 is 39.9 Å². The molecule has 0 atom stereocenters. The summed E-state index contributed by atoms with van der Waals surface area (Å²) in [6.07, 6.45) is 5.05. The molecule has 3 aromatic rings. The topological polar surface area (TPSA) is 53.9 Å². The fourth-order valence-corrected chi connectivity index (χ4v) is 2.62. The number of nitrogens with zero attached hydrogens (tertiary/aromatic N) is 3. The third kappa shape index (κ3) is 4.34. The third-order valence-corrected chi connectivity index (χ3v) is 4.19. The molecule has 0 saturated carbocycles. The van der Waals surface area contributed by atoms with Gasteiger partial charge in [-0.25, -0.2) is 4.98 Å². The first-order valence-corrected chi connectivity index (χ1v) is 8.62. The van der Waals surface area contributed by atoms with Gasteiger partial charge in [0.1, 0.15) is 5.82 Å². The number of aryl methyl sites for hydroxylation is 1. The molecule has 24 heavy (non-hydrogen) atoms. The summed E-state index contributed by atoms with van der Waals surface area (Å²) in [6.45, 7) is 4.00. The van der Waals surface area contributed by atoms with Crippen LogP contribution in [0.25, 0.3) is 11.0 Å². The van der Waals surface area contributed by atoms with Crippen LogP contribution < -0.4 is 0 Å². The van der Waals surface area contributed by atoms with E-state index in [0.29, 0.717) is 10.0 Å². The van der Waals surface area contributed by atoms with E-state index >= 15 is 0 Å². The Labute approximate surface area is 152 Å². The Kier molecular flexibility index (Phi) is 6.76. The van der Waals surface area contributed by atoms with Gasteiger partial charge in [-0.15, -0.1) is 0 Å². The monoisotopic (exact) mass is 362 g/mol. The van der Waals surface area contributed by atoms with E-state index in [1.807, 2.05) is 32.0 Å². The summed E-state index contributed by atoms with van der Waals surface area (Å²) in [5.41, 5.74) is 3.82. The average Bonchev–Trinajstić information content (AvgIpc) is 3.03. The van der Waals surface area contributed by atoms with Gasteiger partial charge in [-0.05, 0) is 30.2 Å². The van der Waals surface area contributed by atoms with Gasteiger partial charge in [-0.1, -0.05) is 43.1 Å². The second-order valence-corrected chi connectivity index (χ2v) is 5.69. The minimum atomic E-state index is 0.537. The number of hydrogen-bond donors (Lipinski definition) is 1. The van der Waals surface area contributed by atoms with Crippen molar-refractivity contribution in [1.29, 1.82) is 0 Å². The van der Waals surface area contributed by atoms with Crippen molar-refractivity contribution in [3.63, 3.8) is 0 Å². The van der Waals surface area contributed by atoms with E-state index in [1.165, 1.54) is 0 Å². The van der Waals surface area contributed by atoms with Crippen LogP contribution in [0.2, 0.25) is 10.0 Å². The number of aromatic amines is 1. The Morgan fingerprint density at radius 3 is 2.62 bits per heavy atom. The lowest BCUT2D eigenvalue weighted by atomic mass is 10.1. The van der Waals surface area contributed by atoms with Crippen molar-refractivity contribution in [1.82, 2.24) is 15.0 Å². The number of benzene rings is 1. The molecular weight excluding hydrogens is 343 g/mol. The lowest BCUT2D eigenvalue weighted by Crippen LogP contribution is -2.04. The zero-order valence-corrected chi connectivity index (χ0v) is 15.5. The Bertz CT molecular complexity index is 807. The number of hydrogen-bond acceptors (Lipinski definition) is 3. The van der Waals surface area contributed by atoms with Crippen molar-refractivity contribution in [2.75, 3.05) is 7.05 Å². The average molecular weight is 363 g/mol. The maximum absolute atomic E-state index is 6.07. The van der Waals surface area contributed by atoms with Crippen LogP contribution in [-0.4, -0.2) is 27.7 Å². The van der Waals surface area contributed by atoms with Crippen molar-refractivity contribution in [2.45, 2.75) is 26.7 Å². The number of aliphatic imine (C=N–C) groups is 1. The van der Waals surface area contributed by atoms with Gasteiger partial charge >= 0.3 is 0 Å². The Hall–Kier alpha value is -1.91. The molecule has 126 valence electrons. The number of rotatable bonds is 4. The largest absolute Gasteiger partial charge is 0.341 e. The number of fused-ring (bicyclic) bond motifs is 1. The van der Waals surface area contributed by atoms with Crippen LogP contribution in [0, 0.1) is 0 Å². The Morgan fingerprint density at radius 1 is 1.17 bits per heavy atom. The highest BCUT2D eigenvalue weighted by molar-refractivity contribution is 6.42. The molecule has 0 aliphatic carbocycles. The van der Waals surface area contributed by atoms with Crippen LogP contribution in [-0.2, 0) is 6.42 Å². The molecule has 0 unspecified atom stereocenters. The molecule has 3 rings (SSSR count). The predicted octanol–water partition coefficient (Wildman–Crippen LogP) is 5.34. The molecule has 6 heteroatoms. The number of pyridine rings is 1. The van der Waals surface area contributed by atoms with E-state index in [2.05, 4.69) is 19.9 Å². The molecule has 2 heterocycles. The van der Waals surface area contributed by atoms with E-state index in [9.17, 15) is 0 Å². The van der Waals surface area contributed by atoms with E-state index in [0.717, 1.165) is 41.0 Å². The molecule has 0 fully saturated rings. The summed E-state index contributed by atoms with van der Waals surface area (Å²) >= 11 is 12.0. The van der Waals surface area contributed by atoms with Gasteiger partial charge in [0.25, 0.3) is 0 Å². The zero-order chi connectivity index (χ0) is 17.5. The summed E-state index contributed by atoms with van der Waals surface area (Å²) in [4.78, 5) is 16.3. The molecular formula is C18H20Cl2N4. The molecule has 0 saturated heterocycles. The number of aromatic nitrogens is 3. The quantitative estimate of drug-likeness (QED) is 0.636. The maximum Gasteiger partial charge on any atom is 0.107 e. The summed E-state index contributed by atoms with van der Waals surface area (Å²) in [5.74, 6) is 0.921. The summed E-state index contributed by atoms with van der Waals surface area (Å²) in [5, 5.41) is 1.08. The molecule has 0 aliphatic rings. The van der Waals surface area contributed by atoms with Crippen molar-refractivity contribution < 1.29 is 0 Å². The number of halogens is 2. The van der Waals surface area contributed by atoms with Gasteiger partial charge in [-0.2, -0.15) is 0 Å². The molecule has 0 radical (unpaired) electrons. The number of nitrogens with one attached hydrogen (secondary N) is 1. The molecule has 4 nitrogen and oxygen atoms in total. The molecule has 2 aromatic heterocycles. The van der Waals surface area contributed by atoms with Gasteiger partial charge in [0.15, 0.2) is 0 Å². The van der Waals surface area contributed by atoms with Crippen LogP contribution in [0.4, 0.5) is 0 Å². The highest BCUT2D eigenvalue weighted by Crippen LogP contribution is 2.23. The van der Waals surface area contributed by atoms with Crippen LogP contribution in [0.15, 0.2) is 41.7 Å². The standard InChI is InChI=1S/C16H14Cl2N4.C2H6/c1-19-13(10-2-3-11(17)12(18)8-10)4-5-16-21-14-6-7-20-9-15(14)22-16;1-2/h2-3,6-9H,4-5H2,1H3,(H,21,22);1-2H3. The lowest BCUT2D eigenvalue weighted by molar-refractivity contribution is 0.939.